The molecule has 8 heteroatoms. The predicted octanol–water partition coefficient (Wildman–Crippen LogP) is 5.01. The molecule has 4 fully saturated rings. The number of ketones is 1. The van der Waals surface area contributed by atoms with Crippen LogP contribution < -0.4 is 0 Å². The quantitative estimate of drug-likeness (QED) is 0.420. The van der Waals surface area contributed by atoms with E-state index in [4.69, 9.17) is 4.55 Å². The minimum Gasteiger partial charge on any atom is -0.393 e. The van der Waals surface area contributed by atoms with E-state index >= 15 is 0 Å². The lowest BCUT2D eigenvalue weighted by atomic mass is 9.49. The van der Waals surface area contributed by atoms with Crippen molar-refractivity contribution in [2.24, 2.45) is 40.9 Å². The van der Waals surface area contributed by atoms with Crippen LogP contribution in [0.25, 0.3) is 0 Å². The first-order chi connectivity index (χ1) is 15.1. The number of Topliss-reactive ketones (excluding diaryl/α,β-unsaturated/α-hetero) is 1. The summed E-state index contributed by atoms with van der Waals surface area (Å²) >= 11 is 0. The lowest BCUT2D eigenvalue weighted by Crippen LogP contribution is -2.49. The van der Waals surface area contributed by atoms with E-state index in [1.807, 2.05) is 13.8 Å². The van der Waals surface area contributed by atoms with Crippen molar-refractivity contribution in [1.29, 1.82) is 0 Å². The highest BCUT2D eigenvalue weighted by Gasteiger charge is 2.58. The Morgan fingerprint density at radius 1 is 1.00 bits per heavy atom. The highest BCUT2D eigenvalue weighted by molar-refractivity contribution is 8.70. The zero-order chi connectivity index (χ0) is 24.1. The summed E-state index contributed by atoms with van der Waals surface area (Å²) in [6, 6.07) is 0. The Morgan fingerprint density at radius 3 is 2.25 bits per heavy atom. The third kappa shape index (κ3) is 6.29. The van der Waals surface area contributed by atoms with E-state index in [1.165, 1.54) is 19.3 Å². The van der Waals surface area contributed by atoms with Crippen molar-refractivity contribution < 1.29 is 27.6 Å². The summed E-state index contributed by atoms with van der Waals surface area (Å²) in [6.45, 7) is 6.26. The highest BCUT2D eigenvalue weighted by Crippen LogP contribution is 2.64. The van der Waals surface area contributed by atoms with Crippen LogP contribution >= 0.6 is 10.8 Å². The van der Waals surface area contributed by atoms with Gasteiger partial charge in [0.1, 0.15) is 5.78 Å². The molecule has 0 aliphatic heterocycles. The third-order valence-corrected chi connectivity index (χ3v) is 10.6. The summed E-state index contributed by atoms with van der Waals surface area (Å²) in [5, 5.41) is 10.0. The molecule has 0 aromatic heterocycles. The second-order valence-electron chi connectivity index (χ2n) is 10.1. The maximum atomic E-state index is 12.8. The van der Waals surface area contributed by atoms with Crippen molar-refractivity contribution in [3.05, 3.63) is 0 Å². The molecular weight excluding hydrogens is 448 g/mol. The molecule has 4 aliphatic rings. The number of aliphatic hydroxyl groups is 1. The van der Waals surface area contributed by atoms with Crippen LogP contribution in [0.15, 0.2) is 0 Å². The van der Waals surface area contributed by atoms with Gasteiger partial charge < -0.3 is 9.84 Å². The van der Waals surface area contributed by atoms with E-state index < -0.39 is 9.15 Å². The second kappa shape index (κ2) is 12.0. The Morgan fingerprint density at radius 2 is 1.62 bits per heavy atom. The molecule has 4 saturated carbocycles. The van der Waals surface area contributed by atoms with Gasteiger partial charge in [0.2, 0.25) is 0 Å². The van der Waals surface area contributed by atoms with Crippen LogP contribution in [-0.4, -0.2) is 49.9 Å². The Balaban J connectivity index is 0.000000671. The lowest BCUT2D eigenvalue weighted by molar-refractivity contribution is -0.128. The largest absolute Gasteiger partial charge is 0.393 e. The maximum absolute atomic E-state index is 12.8. The molecule has 0 spiro atoms. The van der Waals surface area contributed by atoms with E-state index in [0.717, 1.165) is 50.4 Å². The summed E-state index contributed by atoms with van der Waals surface area (Å²) in [5.74, 6) is 3.23. The molecule has 6 nitrogen and oxygen atoms in total. The predicted molar refractivity (Wildman–Crippen MR) is 130 cm³/mol. The number of aliphatic hydroxyl groups excluding tert-OH is 1. The molecule has 8 atom stereocenters. The molecule has 0 aromatic rings. The number of ether oxygens (including phenoxy) is 1. The average Bonchev–Trinajstić information content (AvgIpc) is 3.10. The Kier molecular flexibility index (Phi) is 10.5. The molecule has 8 unspecified atom stereocenters. The monoisotopic (exact) mass is 492 g/mol. The number of hydrogen-bond acceptors (Lipinski definition) is 6. The number of carbonyl (C=O) groups excluding carboxylic acids is 1. The van der Waals surface area contributed by atoms with E-state index in [2.05, 4.69) is 11.7 Å². The van der Waals surface area contributed by atoms with Gasteiger partial charge in [-0.25, -0.2) is 0 Å². The van der Waals surface area contributed by atoms with E-state index in [-0.39, 0.29) is 29.0 Å². The first-order valence-electron chi connectivity index (χ1n) is 12.3. The first kappa shape index (κ1) is 28.1. The molecular formula is C24H44O6S2. The van der Waals surface area contributed by atoms with Gasteiger partial charge in [-0.05, 0) is 92.8 Å². The molecule has 0 amide bonds. The van der Waals surface area contributed by atoms with Crippen molar-refractivity contribution in [3.63, 3.8) is 0 Å². The maximum Gasteiger partial charge on any atom is 0.320 e. The van der Waals surface area contributed by atoms with Crippen molar-refractivity contribution in [3.8, 4) is 0 Å². The molecule has 32 heavy (non-hydrogen) atoms. The molecule has 4 aliphatic carbocycles. The molecule has 0 radical (unpaired) electrons. The third-order valence-electron chi connectivity index (χ3n) is 8.67. The molecule has 2 N–H and O–H groups in total. The summed E-state index contributed by atoms with van der Waals surface area (Å²) in [4.78, 5) is 12.8. The van der Waals surface area contributed by atoms with Gasteiger partial charge in [0.15, 0.2) is 0 Å². The lowest BCUT2D eigenvalue weighted by Gasteiger charge is -2.56. The molecule has 0 saturated heterocycles. The number of methoxy groups -OCH3 is 1. The van der Waals surface area contributed by atoms with Crippen molar-refractivity contribution >= 4 is 25.7 Å². The zero-order valence-corrected chi connectivity index (χ0v) is 22.1. The number of rotatable bonds is 4. The normalized spacial score (nSPS) is 40.4. The summed E-state index contributed by atoms with van der Waals surface area (Å²) in [7, 11) is -0.550. The fourth-order valence-corrected chi connectivity index (χ4v) is 8.85. The van der Waals surface area contributed by atoms with Crippen LogP contribution in [0.2, 0.25) is 0 Å². The van der Waals surface area contributed by atoms with Crippen LogP contribution in [0.4, 0.5) is 0 Å². The Bertz CT molecular complexity index is 711. The van der Waals surface area contributed by atoms with Gasteiger partial charge in [0.25, 0.3) is 0 Å². The molecule has 0 aromatic carbocycles. The van der Waals surface area contributed by atoms with Crippen molar-refractivity contribution in [2.45, 2.75) is 84.7 Å². The van der Waals surface area contributed by atoms with Gasteiger partial charge in [-0.15, -0.1) is 0 Å². The van der Waals surface area contributed by atoms with Crippen LogP contribution in [-0.2, 0) is 18.7 Å². The standard InChI is InChI=1S/C20H32O5S2.C2H6O.C2H6/c1-20-9-8-15-14-5-3-13(21)10-12(14)2-4-16(15)17(20)6-7-18(20)19(22)11-26-27(23,24)25;1-3-2;1-2/h12-18,21H,2-11H2,1H3,(H,23,24,25);1-2H3;1-2H3. The van der Waals surface area contributed by atoms with Crippen LogP contribution in [0.3, 0.4) is 0 Å². The molecule has 188 valence electrons. The van der Waals surface area contributed by atoms with Crippen molar-refractivity contribution in [2.75, 3.05) is 20.0 Å². The topological polar surface area (TPSA) is 101 Å². The van der Waals surface area contributed by atoms with E-state index in [9.17, 15) is 18.3 Å². The minimum atomic E-state index is -4.16. The smallest absolute Gasteiger partial charge is 0.320 e. The zero-order valence-electron chi connectivity index (χ0n) is 20.5. The van der Waals surface area contributed by atoms with Gasteiger partial charge in [-0.1, -0.05) is 20.8 Å². The molecule has 0 heterocycles. The summed E-state index contributed by atoms with van der Waals surface area (Å²) < 4.78 is 35.2. The Labute approximate surface area is 198 Å². The van der Waals surface area contributed by atoms with Gasteiger partial charge in [0, 0.05) is 30.9 Å². The fraction of sp³-hybridized carbons (Fsp3) is 0.958. The number of fused-ring (bicyclic) bond motifs is 5. The highest BCUT2D eigenvalue weighted by atomic mass is 33.1. The average molecular weight is 493 g/mol. The fourth-order valence-electron chi connectivity index (χ4n) is 7.59. The minimum absolute atomic E-state index is 0.00412. The Hall–Kier alpha value is -0.150. The van der Waals surface area contributed by atoms with E-state index in [1.54, 1.807) is 14.2 Å². The summed E-state index contributed by atoms with van der Waals surface area (Å²) in [5.41, 5.74) is -0.0148. The first-order valence-corrected chi connectivity index (χ1v) is 15.3. The SMILES string of the molecule is CC.CC12CCC3C4CCC(O)CC4CCC3C1CCC2C(=O)CSS(=O)(=O)O.COC. The molecule has 0 bridgehead atoms. The van der Waals surface area contributed by atoms with Crippen LogP contribution in [0.1, 0.15) is 78.6 Å². The van der Waals surface area contributed by atoms with Gasteiger partial charge in [-0.3, -0.25) is 9.35 Å². The summed E-state index contributed by atoms with van der Waals surface area (Å²) in [6.07, 6.45) is 9.57. The van der Waals surface area contributed by atoms with Gasteiger partial charge in [-0.2, -0.15) is 8.42 Å². The van der Waals surface area contributed by atoms with Crippen LogP contribution in [0, 0.1) is 40.9 Å². The van der Waals surface area contributed by atoms with Gasteiger partial charge >= 0.3 is 9.15 Å². The van der Waals surface area contributed by atoms with Gasteiger partial charge in [0.05, 0.1) is 11.9 Å². The molecule has 4 rings (SSSR count). The van der Waals surface area contributed by atoms with Crippen molar-refractivity contribution in [1.82, 2.24) is 0 Å². The van der Waals surface area contributed by atoms with Crippen LogP contribution in [0.5, 0.6) is 0 Å². The number of carbonyl (C=O) groups is 1. The van der Waals surface area contributed by atoms with E-state index in [0.29, 0.717) is 28.5 Å². The number of hydrogen-bond donors (Lipinski definition) is 2. The second-order valence-corrected chi connectivity index (χ2v) is 13.5.